The molecule has 10 nitrogen and oxygen atoms in total. The van der Waals surface area contributed by atoms with Crippen LogP contribution in [0.3, 0.4) is 0 Å². The Morgan fingerprint density at radius 2 is 2.14 bits per heavy atom. The van der Waals surface area contributed by atoms with E-state index >= 15 is 0 Å². The molecule has 0 fully saturated rings. The summed E-state index contributed by atoms with van der Waals surface area (Å²) in [4.78, 5) is 28.1. The summed E-state index contributed by atoms with van der Waals surface area (Å²) in [6, 6.07) is 7.29. The number of nitrogens with zero attached hydrogens (tertiary/aromatic N) is 1. The zero-order valence-electron chi connectivity index (χ0n) is 19.8. The molecule has 1 aliphatic rings. The van der Waals surface area contributed by atoms with E-state index in [0.717, 1.165) is 35.2 Å². The summed E-state index contributed by atoms with van der Waals surface area (Å²) in [5, 5.41) is 11.0. The van der Waals surface area contributed by atoms with Crippen LogP contribution in [0.5, 0.6) is 5.75 Å². The van der Waals surface area contributed by atoms with Crippen LogP contribution in [0, 0.1) is 12.3 Å². The van der Waals surface area contributed by atoms with E-state index in [4.69, 9.17) is 25.0 Å². The maximum Gasteiger partial charge on any atom is 0.417 e. The smallest absolute Gasteiger partial charge is 0.417 e. The number of ether oxygens (including phenoxy) is 2. The van der Waals surface area contributed by atoms with Gasteiger partial charge in [0.25, 0.3) is 0 Å². The number of cyclic esters (lactones) is 1. The molecule has 35 heavy (non-hydrogen) atoms. The molecule has 0 aliphatic carbocycles. The highest BCUT2D eigenvalue weighted by Crippen LogP contribution is 2.28. The van der Waals surface area contributed by atoms with Crippen molar-refractivity contribution in [2.45, 2.75) is 20.0 Å². The lowest BCUT2D eigenvalue weighted by atomic mass is 9.96. The second kappa shape index (κ2) is 10.6. The molecule has 0 atom stereocenters. The van der Waals surface area contributed by atoms with E-state index in [1.807, 2.05) is 19.1 Å². The Bertz CT molecular complexity index is 1340. The van der Waals surface area contributed by atoms with Gasteiger partial charge in [-0.05, 0) is 42.2 Å². The first-order valence-corrected chi connectivity index (χ1v) is 11.3. The molecular weight excluding hydrogens is 450 g/mol. The van der Waals surface area contributed by atoms with E-state index in [0.29, 0.717) is 54.3 Å². The number of hydrogen-bond donors (Lipinski definition) is 4. The molecule has 0 saturated carbocycles. The first kappa shape index (κ1) is 24.2. The average Bonchev–Trinajstić information content (AvgIpc) is 3.42. The minimum atomic E-state index is -0.554. The number of aromatic nitrogens is 1. The Balaban J connectivity index is 1.45. The first-order valence-electron chi connectivity index (χ1n) is 11.3. The number of carbonyl (C=O) groups is 1. The van der Waals surface area contributed by atoms with E-state index < -0.39 is 5.76 Å². The van der Waals surface area contributed by atoms with Crippen LogP contribution in [0.2, 0.25) is 0 Å². The zero-order chi connectivity index (χ0) is 24.9. The van der Waals surface area contributed by atoms with Crippen molar-refractivity contribution in [3.63, 3.8) is 0 Å². The molecule has 5 N–H and O–H groups in total. The number of aromatic amines is 1. The van der Waals surface area contributed by atoms with Gasteiger partial charge in [0.2, 0.25) is 0 Å². The molecular formula is C25H29N5O5. The molecule has 1 aliphatic heterocycles. The zero-order valence-corrected chi connectivity index (χ0v) is 19.8. The van der Waals surface area contributed by atoms with Gasteiger partial charge in [0.15, 0.2) is 11.3 Å². The third kappa shape index (κ3) is 5.28. The van der Waals surface area contributed by atoms with Gasteiger partial charge in [-0.3, -0.25) is 9.88 Å². The van der Waals surface area contributed by atoms with Gasteiger partial charge in [0.1, 0.15) is 6.61 Å². The summed E-state index contributed by atoms with van der Waals surface area (Å²) in [7, 11) is 1.50. The second-order valence-electron chi connectivity index (χ2n) is 8.34. The lowest BCUT2D eigenvalue weighted by Gasteiger charge is -2.22. The fourth-order valence-electron chi connectivity index (χ4n) is 4.23. The van der Waals surface area contributed by atoms with Gasteiger partial charge in [-0.2, -0.15) is 0 Å². The van der Waals surface area contributed by atoms with Gasteiger partial charge in [-0.1, -0.05) is 6.07 Å². The van der Waals surface area contributed by atoms with Crippen LogP contribution >= 0.6 is 0 Å². The number of nitrogens with one attached hydrogen (secondary N) is 3. The van der Waals surface area contributed by atoms with Crippen molar-refractivity contribution in [2.24, 2.45) is 5.73 Å². The fourth-order valence-corrected chi connectivity index (χ4v) is 4.23. The molecule has 2 aromatic carbocycles. The van der Waals surface area contributed by atoms with Gasteiger partial charge in [0.05, 0.1) is 18.2 Å². The molecule has 10 heteroatoms. The Morgan fingerprint density at radius 1 is 1.31 bits per heavy atom. The molecule has 2 heterocycles. The van der Waals surface area contributed by atoms with Crippen molar-refractivity contribution in [3.8, 4) is 5.75 Å². The number of hydrogen-bond acceptors (Lipinski definition) is 9. The summed E-state index contributed by atoms with van der Waals surface area (Å²) < 4.78 is 15.6. The number of rotatable bonds is 11. The highest BCUT2D eigenvalue weighted by atomic mass is 16.5. The minimum absolute atomic E-state index is 0.261. The molecule has 0 unspecified atom stereocenters. The van der Waals surface area contributed by atoms with E-state index in [9.17, 15) is 9.59 Å². The molecule has 0 amide bonds. The van der Waals surface area contributed by atoms with Crippen LogP contribution in [0.15, 0.2) is 45.3 Å². The number of methoxy groups -OCH3 is 1. The average molecular weight is 480 g/mol. The van der Waals surface area contributed by atoms with Gasteiger partial charge >= 0.3 is 11.7 Å². The van der Waals surface area contributed by atoms with Gasteiger partial charge in [-0.15, -0.1) is 0 Å². The van der Waals surface area contributed by atoms with Crippen LogP contribution in [-0.2, 0) is 17.8 Å². The quantitative estimate of drug-likeness (QED) is 0.242. The van der Waals surface area contributed by atoms with Crippen molar-refractivity contribution in [1.29, 1.82) is 5.41 Å². The third-order valence-electron chi connectivity index (χ3n) is 6.14. The van der Waals surface area contributed by atoms with Crippen LogP contribution < -0.4 is 21.5 Å². The van der Waals surface area contributed by atoms with Crippen LogP contribution in [0.1, 0.15) is 27.0 Å². The van der Waals surface area contributed by atoms with Crippen molar-refractivity contribution in [2.75, 3.05) is 38.6 Å². The van der Waals surface area contributed by atoms with Gasteiger partial charge in [-0.25, -0.2) is 9.59 Å². The van der Waals surface area contributed by atoms with Gasteiger partial charge < -0.3 is 30.4 Å². The topological polar surface area (TPSA) is 147 Å². The number of anilines is 1. The number of carbonyl (C=O) groups excluding carboxylic acids is 1. The maximum atomic E-state index is 11.8. The Morgan fingerprint density at radius 3 is 2.89 bits per heavy atom. The number of benzene rings is 2. The highest BCUT2D eigenvalue weighted by molar-refractivity contribution is 5.94. The number of oxazole rings is 1. The third-order valence-corrected chi connectivity index (χ3v) is 6.14. The van der Waals surface area contributed by atoms with Crippen LogP contribution in [-0.4, -0.2) is 55.4 Å². The summed E-state index contributed by atoms with van der Waals surface area (Å²) in [5.41, 5.74) is 12.0. The molecule has 0 spiro atoms. The predicted molar refractivity (Wildman–Crippen MR) is 133 cm³/mol. The maximum absolute atomic E-state index is 11.8. The van der Waals surface area contributed by atoms with E-state index in [1.54, 1.807) is 18.3 Å². The van der Waals surface area contributed by atoms with E-state index in [2.05, 4.69) is 15.2 Å². The predicted octanol–water partition coefficient (Wildman–Crippen LogP) is 2.56. The minimum Gasteiger partial charge on any atom is -0.493 e. The van der Waals surface area contributed by atoms with Crippen molar-refractivity contribution < 1.29 is 18.7 Å². The number of nitrogens with two attached hydrogens (primary N) is 1. The van der Waals surface area contributed by atoms with E-state index in [1.165, 1.54) is 13.3 Å². The summed E-state index contributed by atoms with van der Waals surface area (Å²) in [6.07, 6.45) is 3.84. The lowest BCUT2D eigenvalue weighted by molar-refractivity contribution is 0.0535. The van der Waals surface area contributed by atoms with Crippen LogP contribution in [0.4, 0.5) is 5.69 Å². The summed E-state index contributed by atoms with van der Waals surface area (Å²) in [5.74, 6) is -0.389. The molecule has 4 rings (SSSR count). The molecule has 184 valence electrons. The number of H-pyrrole nitrogens is 1. The van der Waals surface area contributed by atoms with E-state index in [-0.39, 0.29) is 5.97 Å². The van der Waals surface area contributed by atoms with Crippen molar-refractivity contribution >= 4 is 29.0 Å². The number of fused-ring (bicyclic) bond motifs is 2. The second-order valence-corrected chi connectivity index (χ2v) is 8.34. The molecule has 0 saturated heterocycles. The Kier molecular flexibility index (Phi) is 7.33. The summed E-state index contributed by atoms with van der Waals surface area (Å²) >= 11 is 0. The SMILES string of the molecule is COc1cc(N/C=C(\C=N)CN(CCN)CCc2ccc3c(c2C)COC3=O)cc2[nH]c(=O)oc12. The van der Waals surface area contributed by atoms with Gasteiger partial charge in [0, 0.05) is 55.9 Å². The fraction of sp³-hybridized carbons (Fsp3) is 0.320. The first-order chi connectivity index (χ1) is 16.9. The highest BCUT2D eigenvalue weighted by Gasteiger charge is 2.24. The Labute approximate surface area is 202 Å². The standard InChI is InChI=1S/C25H29N5O5/c1-15-17(3-4-19-20(15)14-34-24(19)31)5-7-30(8-6-26)13-16(11-27)12-28-18-9-21-23(22(10-18)33-2)35-25(32)29-21/h3-4,9-12,27-28H,5-8,13-14,26H2,1-2H3,(H,29,32)/b16-12+,27-11?. The van der Waals surface area contributed by atoms with Crippen LogP contribution in [0.25, 0.3) is 11.1 Å². The largest absolute Gasteiger partial charge is 0.493 e. The normalized spacial score (nSPS) is 13.3. The number of esters is 1. The summed E-state index contributed by atoms with van der Waals surface area (Å²) in [6.45, 7) is 4.79. The molecule has 1 aromatic heterocycles. The molecule has 0 radical (unpaired) electrons. The van der Waals surface area contributed by atoms with Crippen molar-refractivity contribution in [3.05, 3.63) is 68.8 Å². The van der Waals surface area contributed by atoms with Crippen molar-refractivity contribution in [1.82, 2.24) is 9.88 Å². The molecule has 0 bridgehead atoms. The Hall–Kier alpha value is -3.89. The molecule has 3 aromatic rings. The lowest BCUT2D eigenvalue weighted by Crippen LogP contribution is -2.33. The monoisotopic (exact) mass is 479 g/mol.